The van der Waals surface area contributed by atoms with Gasteiger partial charge in [-0.05, 0) is 83.3 Å². The van der Waals surface area contributed by atoms with E-state index in [4.69, 9.17) is 9.47 Å². The quantitative estimate of drug-likeness (QED) is 0.118. The molecule has 2 heterocycles. The molecule has 284 valence electrons. The molecule has 0 radical (unpaired) electrons. The van der Waals surface area contributed by atoms with Crippen LogP contribution in [-0.4, -0.2) is 34.9 Å². The Morgan fingerprint density at radius 1 is 0.574 bits per heavy atom. The van der Waals surface area contributed by atoms with Crippen molar-refractivity contribution in [3.8, 4) is 23.0 Å². The molecule has 0 fully saturated rings. The first-order valence-electron chi connectivity index (χ1n) is 16.1. The Morgan fingerprint density at radius 3 is 1.22 bits per heavy atom. The molecule has 6 rings (SSSR count). The average molecular weight is 793 g/mol. The fraction of sp³-hybridized carbons (Fsp3) is 0.211. The summed E-state index contributed by atoms with van der Waals surface area (Å²) < 4.78 is 93.9. The zero-order valence-electron chi connectivity index (χ0n) is 28.3. The molecule has 0 aliphatic rings. The molecule has 6 aromatic rings. The standard InChI is InChI=1S/2C19H15F3O4S/c2*1-2-14-9-12-5-8-15(18(23)24)16(17(12)27-14)25-10-11-3-6-13(7-4-11)26-19(20,21)22/h2*3-9H,2,10H2,1H3,(H,23,24). The van der Waals surface area contributed by atoms with Gasteiger partial charge in [0.25, 0.3) is 0 Å². The Labute approximate surface area is 311 Å². The van der Waals surface area contributed by atoms with Gasteiger partial charge < -0.3 is 29.2 Å². The number of carbonyl (C=O) groups is 2. The molecule has 0 amide bonds. The largest absolute Gasteiger partial charge is 0.573 e. The third-order valence-corrected chi connectivity index (χ3v) is 10.2. The van der Waals surface area contributed by atoms with Gasteiger partial charge in [0.05, 0.1) is 9.40 Å². The summed E-state index contributed by atoms with van der Waals surface area (Å²) in [5, 5.41) is 20.7. The van der Waals surface area contributed by atoms with Crippen molar-refractivity contribution in [2.24, 2.45) is 0 Å². The number of aryl methyl sites for hydroxylation is 2. The molecule has 0 bridgehead atoms. The molecule has 0 atom stereocenters. The molecular weight excluding hydrogens is 763 g/mol. The summed E-state index contributed by atoms with van der Waals surface area (Å²) in [6, 6.07) is 20.9. The topological polar surface area (TPSA) is 112 Å². The minimum atomic E-state index is -4.75. The highest BCUT2D eigenvalue weighted by Crippen LogP contribution is 2.39. The number of carboxylic acid groups (broad SMARTS) is 2. The fourth-order valence-corrected chi connectivity index (χ4v) is 7.32. The summed E-state index contributed by atoms with van der Waals surface area (Å²) in [5.41, 5.74) is 1.27. The van der Waals surface area contributed by atoms with Gasteiger partial charge in [-0.25, -0.2) is 9.59 Å². The van der Waals surface area contributed by atoms with Gasteiger partial charge in [-0.15, -0.1) is 49.0 Å². The lowest BCUT2D eigenvalue weighted by molar-refractivity contribution is -0.275. The Kier molecular flexibility index (Phi) is 12.3. The number of alkyl halides is 6. The Morgan fingerprint density at radius 2 is 0.926 bits per heavy atom. The molecule has 54 heavy (non-hydrogen) atoms. The van der Waals surface area contributed by atoms with E-state index in [9.17, 15) is 46.1 Å². The predicted molar refractivity (Wildman–Crippen MR) is 191 cm³/mol. The maximum absolute atomic E-state index is 12.2. The van der Waals surface area contributed by atoms with Gasteiger partial charge in [0, 0.05) is 9.75 Å². The monoisotopic (exact) mass is 792 g/mol. The molecule has 0 aliphatic carbocycles. The highest BCUT2D eigenvalue weighted by Gasteiger charge is 2.31. The number of rotatable bonds is 12. The highest BCUT2D eigenvalue weighted by molar-refractivity contribution is 7.19. The first-order valence-corrected chi connectivity index (χ1v) is 17.7. The van der Waals surface area contributed by atoms with Crippen molar-refractivity contribution in [2.75, 3.05) is 0 Å². The van der Waals surface area contributed by atoms with E-state index in [0.29, 0.717) is 11.1 Å². The second kappa shape index (κ2) is 16.7. The van der Waals surface area contributed by atoms with E-state index < -0.39 is 24.7 Å². The van der Waals surface area contributed by atoms with Gasteiger partial charge in [0.1, 0.15) is 35.8 Å². The van der Waals surface area contributed by atoms with Gasteiger partial charge in [-0.2, -0.15) is 0 Å². The van der Waals surface area contributed by atoms with Crippen LogP contribution in [0.1, 0.15) is 55.4 Å². The Balaban J connectivity index is 0.000000208. The van der Waals surface area contributed by atoms with Crippen molar-refractivity contribution >= 4 is 54.8 Å². The van der Waals surface area contributed by atoms with Crippen LogP contribution in [-0.2, 0) is 26.1 Å². The van der Waals surface area contributed by atoms with Crippen LogP contribution in [0.3, 0.4) is 0 Å². The average Bonchev–Trinajstić information content (AvgIpc) is 3.74. The van der Waals surface area contributed by atoms with Crippen molar-refractivity contribution in [1.29, 1.82) is 0 Å². The van der Waals surface area contributed by atoms with Gasteiger partial charge >= 0.3 is 24.7 Å². The molecule has 16 heteroatoms. The summed E-state index contributed by atoms with van der Waals surface area (Å²) in [4.78, 5) is 25.3. The first kappa shape index (κ1) is 39.7. The van der Waals surface area contributed by atoms with E-state index in [1.165, 1.54) is 83.3 Å². The highest BCUT2D eigenvalue weighted by atomic mass is 32.1. The summed E-state index contributed by atoms with van der Waals surface area (Å²) in [7, 11) is 0. The molecule has 0 saturated carbocycles. The van der Waals surface area contributed by atoms with Crippen molar-refractivity contribution in [3.05, 3.63) is 117 Å². The van der Waals surface area contributed by atoms with Crippen LogP contribution in [0.5, 0.6) is 23.0 Å². The number of hydrogen-bond acceptors (Lipinski definition) is 8. The van der Waals surface area contributed by atoms with Crippen LogP contribution in [0, 0.1) is 0 Å². The second-order valence-electron chi connectivity index (χ2n) is 11.4. The van der Waals surface area contributed by atoms with Gasteiger partial charge in [-0.1, -0.05) is 50.2 Å². The van der Waals surface area contributed by atoms with Crippen molar-refractivity contribution in [1.82, 2.24) is 0 Å². The van der Waals surface area contributed by atoms with E-state index >= 15 is 0 Å². The van der Waals surface area contributed by atoms with Crippen LogP contribution in [0.25, 0.3) is 20.2 Å². The smallest absolute Gasteiger partial charge is 0.486 e. The number of hydrogen-bond donors (Lipinski definition) is 2. The number of thiophene rings is 2. The molecule has 0 spiro atoms. The zero-order valence-corrected chi connectivity index (χ0v) is 30.0. The van der Waals surface area contributed by atoms with Gasteiger partial charge in [0.2, 0.25) is 0 Å². The molecule has 4 aromatic carbocycles. The zero-order chi connectivity index (χ0) is 39.2. The minimum absolute atomic E-state index is 0.0189. The molecule has 2 aromatic heterocycles. The molecule has 0 saturated heterocycles. The lowest BCUT2D eigenvalue weighted by atomic mass is 10.1. The van der Waals surface area contributed by atoms with Crippen LogP contribution >= 0.6 is 22.7 Å². The van der Waals surface area contributed by atoms with E-state index in [1.807, 2.05) is 26.0 Å². The van der Waals surface area contributed by atoms with Crippen molar-refractivity contribution < 1.29 is 65.1 Å². The van der Waals surface area contributed by atoms with Crippen molar-refractivity contribution in [2.45, 2.75) is 52.6 Å². The number of aromatic carboxylic acids is 2. The third kappa shape index (κ3) is 10.3. The summed E-state index contributed by atoms with van der Waals surface area (Å²) in [6.45, 7) is 4.05. The van der Waals surface area contributed by atoms with Crippen molar-refractivity contribution in [3.63, 3.8) is 0 Å². The maximum Gasteiger partial charge on any atom is 0.573 e. The third-order valence-electron chi connectivity index (χ3n) is 7.62. The van der Waals surface area contributed by atoms with Crippen LogP contribution in [0.2, 0.25) is 0 Å². The number of fused-ring (bicyclic) bond motifs is 2. The van der Waals surface area contributed by atoms with Gasteiger partial charge in [-0.3, -0.25) is 0 Å². The van der Waals surface area contributed by atoms with E-state index in [0.717, 1.165) is 42.8 Å². The summed E-state index contributed by atoms with van der Waals surface area (Å²) >= 11 is 2.93. The fourth-order valence-electron chi connectivity index (χ4n) is 5.12. The normalized spacial score (nSPS) is 11.6. The lowest BCUT2D eigenvalue weighted by Gasteiger charge is -2.12. The van der Waals surface area contributed by atoms with Crippen LogP contribution in [0.15, 0.2) is 84.9 Å². The Bertz CT molecular complexity index is 2080. The molecule has 2 N–H and O–H groups in total. The SMILES string of the molecule is CCc1cc2ccc(C(=O)O)c(OCc3ccc(OC(F)(F)F)cc3)c2s1.CCc1cc2ccc(C(=O)O)c(OCc3ccc(OC(F)(F)F)cc3)c2s1. The number of halogens is 6. The number of carboxylic acids is 2. The molecule has 0 unspecified atom stereocenters. The van der Waals surface area contributed by atoms with E-state index in [-0.39, 0.29) is 47.3 Å². The number of ether oxygens (including phenoxy) is 4. The minimum Gasteiger partial charge on any atom is -0.486 e. The Hall–Kier alpha value is -5.48. The second-order valence-corrected chi connectivity index (χ2v) is 13.7. The summed E-state index contributed by atoms with van der Waals surface area (Å²) in [6.07, 6.45) is -7.86. The van der Waals surface area contributed by atoms with Crippen LogP contribution < -0.4 is 18.9 Å². The summed E-state index contributed by atoms with van der Waals surface area (Å²) in [5.74, 6) is -2.34. The number of benzene rings is 4. The van der Waals surface area contributed by atoms with Crippen LogP contribution in [0.4, 0.5) is 26.3 Å². The molecular formula is C38H30F6O8S2. The molecule has 8 nitrogen and oxygen atoms in total. The van der Waals surface area contributed by atoms with E-state index in [2.05, 4.69) is 9.47 Å². The first-order chi connectivity index (χ1) is 25.5. The lowest BCUT2D eigenvalue weighted by Crippen LogP contribution is -2.17. The molecule has 0 aliphatic heterocycles. The predicted octanol–water partition coefficient (Wildman–Crippen LogP) is 11.3. The van der Waals surface area contributed by atoms with Gasteiger partial charge in [0.15, 0.2) is 11.5 Å². The maximum atomic E-state index is 12.2. The van der Waals surface area contributed by atoms with E-state index in [1.54, 1.807) is 12.1 Å².